The minimum absolute atomic E-state index is 0.295. The minimum Gasteiger partial charge on any atom is -0.480 e. The van der Waals surface area contributed by atoms with Gasteiger partial charge in [-0.3, -0.25) is 0 Å². The number of aliphatic carboxylic acids is 1. The van der Waals surface area contributed by atoms with Crippen molar-refractivity contribution in [2.75, 3.05) is 6.54 Å². The summed E-state index contributed by atoms with van der Waals surface area (Å²) in [6.45, 7) is 6.65. The van der Waals surface area contributed by atoms with Crippen molar-refractivity contribution in [2.24, 2.45) is 0 Å². The van der Waals surface area contributed by atoms with Gasteiger partial charge >= 0.3 is 12.0 Å². The lowest BCUT2D eigenvalue weighted by Gasteiger charge is -2.31. The van der Waals surface area contributed by atoms with Crippen molar-refractivity contribution >= 4 is 23.3 Å². The molecule has 2 heterocycles. The van der Waals surface area contributed by atoms with Crippen molar-refractivity contribution in [2.45, 2.75) is 45.7 Å². The number of thiophene rings is 1. The number of carboxylic acid groups (broad SMARTS) is 1. The van der Waals surface area contributed by atoms with Crippen molar-refractivity contribution in [1.82, 2.24) is 10.2 Å². The van der Waals surface area contributed by atoms with Crippen LogP contribution < -0.4 is 5.32 Å². The average Bonchev–Trinajstić information content (AvgIpc) is 2.92. The number of rotatable bonds is 3. The van der Waals surface area contributed by atoms with Gasteiger partial charge in [-0.1, -0.05) is 0 Å². The van der Waals surface area contributed by atoms with E-state index >= 15 is 0 Å². The van der Waals surface area contributed by atoms with Gasteiger partial charge in [-0.15, -0.1) is 11.3 Å². The Bertz CT molecular complexity index is 521. The molecule has 0 saturated carbocycles. The van der Waals surface area contributed by atoms with Gasteiger partial charge < -0.3 is 15.3 Å². The maximum atomic E-state index is 12.2. The molecule has 1 aliphatic heterocycles. The van der Waals surface area contributed by atoms with Gasteiger partial charge in [0.05, 0.1) is 6.54 Å². The van der Waals surface area contributed by atoms with E-state index < -0.39 is 11.5 Å². The minimum atomic E-state index is -1.08. The highest BCUT2D eigenvalue weighted by Crippen LogP contribution is 2.29. The normalized spacial score (nSPS) is 22.1. The molecule has 20 heavy (non-hydrogen) atoms. The Morgan fingerprint density at radius 1 is 1.50 bits per heavy atom. The Morgan fingerprint density at radius 2 is 2.20 bits per heavy atom. The second-order valence-corrected chi connectivity index (χ2v) is 6.79. The van der Waals surface area contributed by atoms with E-state index in [2.05, 4.69) is 11.4 Å². The number of carbonyl (C=O) groups is 2. The molecular weight excluding hydrogens is 276 g/mol. The summed E-state index contributed by atoms with van der Waals surface area (Å²) >= 11 is 1.66. The molecule has 0 radical (unpaired) electrons. The highest BCUT2D eigenvalue weighted by atomic mass is 32.1. The Kier molecular flexibility index (Phi) is 4.04. The molecule has 1 unspecified atom stereocenters. The second kappa shape index (κ2) is 5.44. The smallest absolute Gasteiger partial charge is 0.329 e. The first-order valence-electron chi connectivity index (χ1n) is 6.69. The third-order valence-electron chi connectivity index (χ3n) is 3.98. The molecule has 6 heteroatoms. The fraction of sp³-hybridized carbons (Fsp3) is 0.571. The quantitative estimate of drug-likeness (QED) is 0.900. The maximum absolute atomic E-state index is 12.2. The lowest BCUT2D eigenvalue weighted by atomic mass is 10.00. The highest BCUT2D eigenvalue weighted by molar-refractivity contribution is 7.12. The predicted molar refractivity (Wildman–Crippen MR) is 78.0 cm³/mol. The van der Waals surface area contributed by atoms with E-state index in [1.807, 2.05) is 13.8 Å². The van der Waals surface area contributed by atoms with Crippen LogP contribution in [0.3, 0.4) is 0 Å². The number of nitrogens with zero attached hydrogens (tertiary/aromatic N) is 1. The Morgan fingerprint density at radius 3 is 2.75 bits per heavy atom. The van der Waals surface area contributed by atoms with Gasteiger partial charge in [0.1, 0.15) is 5.54 Å². The van der Waals surface area contributed by atoms with Crippen LogP contribution in [0.25, 0.3) is 0 Å². The van der Waals surface area contributed by atoms with E-state index in [4.69, 9.17) is 0 Å². The molecule has 0 aliphatic carbocycles. The molecule has 0 spiro atoms. The van der Waals surface area contributed by atoms with Gasteiger partial charge in [-0.05, 0) is 45.2 Å². The molecule has 2 N–H and O–H groups in total. The average molecular weight is 296 g/mol. The van der Waals surface area contributed by atoms with Crippen LogP contribution in [0.2, 0.25) is 0 Å². The van der Waals surface area contributed by atoms with Gasteiger partial charge in [-0.25, -0.2) is 9.59 Å². The molecule has 1 aromatic heterocycles. The molecule has 2 amide bonds. The van der Waals surface area contributed by atoms with E-state index in [1.54, 1.807) is 18.3 Å². The van der Waals surface area contributed by atoms with Crippen LogP contribution in [0.15, 0.2) is 6.07 Å². The SMILES string of the molecule is Cc1cc(CNC(=O)N2CCCC2(C)C(=O)O)sc1C. The molecule has 1 aromatic rings. The molecule has 1 atom stereocenters. The number of aryl methyl sites for hydroxylation is 2. The number of hydrogen-bond donors (Lipinski definition) is 2. The Balaban J connectivity index is 2.00. The topological polar surface area (TPSA) is 69.6 Å². The third kappa shape index (κ3) is 2.65. The lowest BCUT2D eigenvalue weighted by Crippen LogP contribution is -2.53. The number of amides is 2. The van der Waals surface area contributed by atoms with Gasteiger partial charge in [0.15, 0.2) is 0 Å². The summed E-state index contributed by atoms with van der Waals surface area (Å²) in [5.41, 5.74) is 0.140. The Labute approximate surface area is 122 Å². The first kappa shape index (κ1) is 14.8. The van der Waals surface area contributed by atoms with Gasteiger partial charge in [0.25, 0.3) is 0 Å². The summed E-state index contributed by atoms with van der Waals surface area (Å²) in [7, 11) is 0. The molecule has 2 rings (SSSR count). The Hall–Kier alpha value is -1.56. The number of likely N-dealkylation sites (tertiary alicyclic amines) is 1. The maximum Gasteiger partial charge on any atom is 0.329 e. The van der Waals surface area contributed by atoms with Crippen LogP contribution in [0, 0.1) is 13.8 Å². The molecule has 5 nitrogen and oxygen atoms in total. The largest absolute Gasteiger partial charge is 0.480 e. The van der Waals surface area contributed by atoms with Gasteiger partial charge in [0, 0.05) is 16.3 Å². The molecule has 1 fully saturated rings. The number of hydrogen-bond acceptors (Lipinski definition) is 3. The number of carbonyl (C=O) groups excluding carboxylic acids is 1. The zero-order chi connectivity index (χ0) is 14.9. The van der Waals surface area contributed by atoms with Crippen molar-refractivity contribution < 1.29 is 14.7 Å². The number of carboxylic acids is 1. The molecule has 110 valence electrons. The van der Waals surface area contributed by atoms with E-state index in [0.717, 1.165) is 11.3 Å². The van der Waals surface area contributed by atoms with E-state index in [-0.39, 0.29) is 6.03 Å². The van der Waals surface area contributed by atoms with Gasteiger partial charge in [0.2, 0.25) is 0 Å². The molecular formula is C14H20N2O3S. The van der Waals surface area contributed by atoms with Crippen molar-refractivity contribution in [3.05, 3.63) is 21.4 Å². The van der Waals surface area contributed by atoms with Gasteiger partial charge in [-0.2, -0.15) is 0 Å². The fourth-order valence-corrected chi connectivity index (χ4v) is 3.50. The summed E-state index contributed by atoms with van der Waals surface area (Å²) < 4.78 is 0. The summed E-state index contributed by atoms with van der Waals surface area (Å²) in [5.74, 6) is -0.937. The molecule has 0 bridgehead atoms. The van der Waals surface area contributed by atoms with Crippen LogP contribution in [0.5, 0.6) is 0 Å². The molecule has 0 aromatic carbocycles. The van der Waals surface area contributed by atoms with Crippen LogP contribution in [0.1, 0.15) is 35.1 Å². The monoisotopic (exact) mass is 296 g/mol. The summed E-state index contributed by atoms with van der Waals surface area (Å²) in [5, 5.41) is 12.1. The third-order valence-corrected chi connectivity index (χ3v) is 5.13. The van der Waals surface area contributed by atoms with Crippen LogP contribution in [-0.4, -0.2) is 34.1 Å². The first-order chi connectivity index (χ1) is 9.34. The van der Waals surface area contributed by atoms with Crippen molar-refractivity contribution in [1.29, 1.82) is 0 Å². The van der Waals surface area contributed by atoms with Crippen molar-refractivity contribution in [3.63, 3.8) is 0 Å². The van der Waals surface area contributed by atoms with Crippen LogP contribution in [-0.2, 0) is 11.3 Å². The van der Waals surface area contributed by atoms with E-state index in [0.29, 0.717) is 19.5 Å². The second-order valence-electron chi connectivity index (χ2n) is 5.44. The first-order valence-corrected chi connectivity index (χ1v) is 7.51. The predicted octanol–water partition coefficient (Wildman–Crippen LogP) is 2.51. The van der Waals surface area contributed by atoms with Crippen LogP contribution in [0.4, 0.5) is 4.79 Å². The van der Waals surface area contributed by atoms with Crippen LogP contribution >= 0.6 is 11.3 Å². The standard InChI is InChI=1S/C14H20N2O3S/c1-9-7-11(20-10(9)2)8-15-13(19)16-6-4-5-14(16,3)12(17)18/h7H,4-6,8H2,1-3H3,(H,15,19)(H,17,18). The zero-order valence-corrected chi connectivity index (χ0v) is 12.8. The number of nitrogens with one attached hydrogen (secondary N) is 1. The molecule has 1 saturated heterocycles. The van der Waals surface area contributed by atoms with Crippen molar-refractivity contribution in [3.8, 4) is 0 Å². The summed E-state index contributed by atoms with van der Waals surface area (Å²) in [6, 6.07) is 1.76. The lowest BCUT2D eigenvalue weighted by molar-refractivity contribution is -0.147. The van der Waals surface area contributed by atoms with E-state index in [9.17, 15) is 14.7 Å². The van der Waals surface area contributed by atoms with E-state index in [1.165, 1.54) is 15.3 Å². The molecule has 1 aliphatic rings. The summed E-state index contributed by atoms with van der Waals surface area (Å²) in [4.78, 5) is 27.3. The zero-order valence-electron chi connectivity index (χ0n) is 12.0. The highest BCUT2D eigenvalue weighted by Gasteiger charge is 2.45. The summed E-state index contributed by atoms with van der Waals surface area (Å²) in [6.07, 6.45) is 1.24. The number of urea groups is 1. The fourth-order valence-electron chi connectivity index (χ4n) is 2.51.